The number of hydrogen-bond acceptors (Lipinski definition) is 3. The van der Waals surface area contributed by atoms with Crippen molar-refractivity contribution < 1.29 is 4.79 Å². The third-order valence-corrected chi connectivity index (χ3v) is 2.17. The standard InChI is InChI=1S/C9H8ClN3O/c1-5-3-8(10)12-13-7(6(2)14)4-11-9(5)13/h3-4H,1-2H3. The first kappa shape index (κ1) is 9.15. The summed E-state index contributed by atoms with van der Waals surface area (Å²) < 4.78 is 1.47. The average molecular weight is 210 g/mol. The molecule has 0 spiro atoms. The summed E-state index contributed by atoms with van der Waals surface area (Å²) in [6.07, 6.45) is 1.51. The molecule has 0 fully saturated rings. The van der Waals surface area contributed by atoms with Crippen LogP contribution in [-0.2, 0) is 0 Å². The lowest BCUT2D eigenvalue weighted by Crippen LogP contribution is -2.03. The summed E-state index contributed by atoms with van der Waals surface area (Å²) in [6, 6.07) is 1.72. The number of aryl methyl sites for hydroxylation is 1. The number of carbonyl (C=O) groups excluding carboxylic acids is 1. The molecule has 2 heterocycles. The molecule has 0 amide bonds. The van der Waals surface area contributed by atoms with Crippen LogP contribution in [0.4, 0.5) is 0 Å². The van der Waals surface area contributed by atoms with E-state index in [0.717, 1.165) is 5.56 Å². The molecule has 4 nitrogen and oxygen atoms in total. The Hall–Kier alpha value is -1.42. The highest BCUT2D eigenvalue weighted by atomic mass is 35.5. The summed E-state index contributed by atoms with van der Waals surface area (Å²) in [7, 11) is 0. The molecule has 0 aliphatic carbocycles. The Morgan fingerprint density at radius 3 is 2.93 bits per heavy atom. The maximum absolute atomic E-state index is 11.2. The third-order valence-electron chi connectivity index (χ3n) is 1.98. The van der Waals surface area contributed by atoms with E-state index in [2.05, 4.69) is 10.1 Å². The summed E-state index contributed by atoms with van der Waals surface area (Å²) in [4.78, 5) is 15.3. The Kier molecular flexibility index (Phi) is 2.00. The Labute approximate surface area is 85.5 Å². The van der Waals surface area contributed by atoms with Crippen molar-refractivity contribution in [3.63, 3.8) is 0 Å². The zero-order valence-electron chi connectivity index (χ0n) is 7.78. The summed E-state index contributed by atoms with van der Waals surface area (Å²) in [5, 5.41) is 4.37. The fourth-order valence-corrected chi connectivity index (χ4v) is 1.56. The van der Waals surface area contributed by atoms with Gasteiger partial charge >= 0.3 is 0 Å². The number of carbonyl (C=O) groups is 1. The van der Waals surface area contributed by atoms with E-state index in [1.807, 2.05) is 6.92 Å². The summed E-state index contributed by atoms with van der Waals surface area (Å²) in [5.41, 5.74) is 2.02. The first-order chi connectivity index (χ1) is 6.59. The SMILES string of the molecule is CC(=O)c1cnc2c(C)cc(Cl)nn12. The number of Topliss-reactive ketones (excluding diaryl/α,β-unsaturated/α-hetero) is 1. The fraction of sp³-hybridized carbons (Fsp3) is 0.222. The van der Waals surface area contributed by atoms with Crippen LogP contribution in [0.15, 0.2) is 12.3 Å². The van der Waals surface area contributed by atoms with Gasteiger partial charge < -0.3 is 0 Å². The molecule has 2 aromatic heterocycles. The number of nitrogens with zero attached hydrogens (tertiary/aromatic N) is 3. The van der Waals surface area contributed by atoms with E-state index in [-0.39, 0.29) is 5.78 Å². The number of hydrogen-bond donors (Lipinski definition) is 0. The molecule has 0 aromatic carbocycles. The topological polar surface area (TPSA) is 47.3 Å². The minimum Gasteiger partial charge on any atom is -0.293 e. The van der Waals surface area contributed by atoms with Gasteiger partial charge in [0.2, 0.25) is 0 Å². The van der Waals surface area contributed by atoms with E-state index < -0.39 is 0 Å². The van der Waals surface area contributed by atoms with Crippen LogP contribution < -0.4 is 0 Å². The van der Waals surface area contributed by atoms with Crippen molar-refractivity contribution in [2.75, 3.05) is 0 Å². The Morgan fingerprint density at radius 2 is 2.29 bits per heavy atom. The number of ketones is 1. The third kappa shape index (κ3) is 1.28. The van der Waals surface area contributed by atoms with Gasteiger partial charge in [-0.1, -0.05) is 11.6 Å². The lowest BCUT2D eigenvalue weighted by Gasteiger charge is -1.99. The van der Waals surface area contributed by atoms with Gasteiger partial charge in [-0.15, -0.1) is 0 Å². The minimum absolute atomic E-state index is 0.0772. The van der Waals surface area contributed by atoms with Gasteiger partial charge in [0.25, 0.3) is 0 Å². The van der Waals surface area contributed by atoms with Crippen LogP contribution in [0, 0.1) is 6.92 Å². The summed E-state index contributed by atoms with van der Waals surface area (Å²) >= 11 is 5.79. The van der Waals surface area contributed by atoms with Gasteiger partial charge in [-0.05, 0) is 18.6 Å². The van der Waals surface area contributed by atoms with Crippen molar-refractivity contribution in [1.29, 1.82) is 0 Å². The molecule has 0 radical (unpaired) electrons. The van der Waals surface area contributed by atoms with E-state index in [1.165, 1.54) is 17.6 Å². The second-order valence-electron chi connectivity index (χ2n) is 3.09. The number of aromatic nitrogens is 3. The first-order valence-corrected chi connectivity index (χ1v) is 4.49. The molecule has 0 saturated heterocycles. The highest BCUT2D eigenvalue weighted by molar-refractivity contribution is 6.29. The van der Waals surface area contributed by atoms with E-state index in [4.69, 9.17) is 11.6 Å². The van der Waals surface area contributed by atoms with Crippen molar-refractivity contribution in [1.82, 2.24) is 14.6 Å². The van der Waals surface area contributed by atoms with E-state index in [0.29, 0.717) is 16.5 Å². The van der Waals surface area contributed by atoms with Gasteiger partial charge in [0, 0.05) is 6.92 Å². The Balaban J connectivity index is 2.85. The van der Waals surface area contributed by atoms with Gasteiger partial charge in [-0.3, -0.25) is 4.79 Å². The smallest absolute Gasteiger partial charge is 0.179 e. The van der Waals surface area contributed by atoms with E-state index in [9.17, 15) is 4.79 Å². The van der Waals surface area contributed by atoms with Crippen molar-refractivity contribution >= 4 is 23.0 Å². The van der Waals surface area contributed by atoms with Gasteiger partial charge in [-0.25, -0.2) is 9.50 Å². The molecule has 2 rings (SSSR count). The van der Waals surface area contributed by atoms with Crippen LogP contribution in [0.2, 0.25) is 5.15 Å². The summed E-state index contributed by atoms with van der Waals surface area (Å²) in [6.45, 7) is 3.35. The lowest BCUT2D eigenvalue weighted by atomic mass is 10.3. The average Bonchev–Trinajstić information content (AvgIpc) is 2.47. The number of fused-ring (bicyclic) bond motifs is 1. The van der Waals surface area contributed by atoms with Crippen LogP contribution in [0.5, 0.6) is 0 Å². The molecule has 5 heteroatoms. The Bertz CT molecular complexity index is 518. The second kappa shape index (κ2) is 3.06. The van der Waals surface area contributed by atoms with E-state index in [1.54, 1.807) is 6.07 Å². The molecule has 0 saturated carbocycles. The molecule has 0 atom stereocenters. The van der Waals surface area contributed by atoms with Crippen molar-refractivity contribution in [3.8, 4) is 0 Å². The first-order valence-electron chi connectivity index (χ1n) is 4.11. The predicted molar refractivity (Wildman–Crippen MR) is 52.7 cm³/mol. The number of imidazole rings is 1. The maximum Gasteiger partial charge on any atom is 0.179 e. The van der Waals surface area contributed by atoms with Crippen LogP contribution >= 0.6 is 11.6 Å². The molecular weight excluding hydrogens is 202 g/mol. The van der Waals surface area contributed by atoms with Crippen LogP contribution in [0.1, 0.15) is 23.0 Å². The second-order valence-corrected chi connectivity index (χ2v) is 3.47. The van der Waals surface area contributed by atoms with Gasteiger partial charge in [0.15, 0.2) is 11.4 Å². The molecular formula is C9H8ClN3O. The van der Waals surface area contributed by atoms with E-state index >= 15 is 0 Å². The monoisotopic (exact) mass is 209 g/mol. The molecule has 0 aliphatic rings. The predicted octanol–water partition coefficient (Wildman–Crippen LogP) is 1.89. The number of halogens is 1. The summed E-state index contributed by atoms with van der Waals surface area (Å²) in [5.74, 6) is -0.0772. The van der Waals surface area contributed by atoms with Gasteiger partial charge in [-0.2, -0.15) is 5.10 Å². The quantitative estimate of drug-likeness (QED) is 0.674. The molecule has 2 aromatic rings. The number of rotatable bonds is 1. The largest absolute Gasteiger partial charge is 0.293 e. The fourth-order valence-electron chi connectivity index (χ4n) is 1.32. The van der Waals surface area contributed by atoms with Crippen LogP contribution in [-0.4, -0.2) is 20.4 Å². The lowest BCUT2D eigenvalue weighted by molar-refractivity contribution is 0.101. The maximum atomic E-state index is 11.2. The highest BCUT2D eigenvalue weighted by Crippen LogP contribution is 2.14. The van der Waals surface area contributed by atoms with Crippen LogP contribution in [0.25, 0.3) is 5.65 Å². The van der Waals surface area contributed by atoms with Gasteiger partial charge in [0.1, 0.15) is 10.8 Å². The minimum atomic E-state index is -0.0772. The zero-order chi connectivity index (χ0) is 10.3. The van der Waals surface area contributed by atoms with Gasteiger partial charge in [0.05, 0.1) is 6.20 Å². The molecule has 72 valence electrons. The Morgan fingerprint density at radius 1 is 1.57 bits per heavy atom. The van der Waals surface area contributed by atoms with Crippen LogP contribution in [0.3, 0.4) is 0 Å². The molecule has 0 unspecified atom stereocenters. The van der Waals surface area contributed by atoms with Crippen molar-refractivity contribution in [2.24, 2.45) is 0 Å². The van der Waals surface area contributed by atoms with Crippen molar-refractivity contribution in [3.05, 3.63) is 28.7 Å². The van der Waals surface area contributed by atoms with Crippen molar-refractivity contribution in [2.45, 2.75) is 13.8 Å². The molecule has 0 bridgehead atoms. The highest BCUT2D eigenvalue weighted by Gasteiger charge is 2.10. The molecule has 14 heavy (non-hydrogen) atoms. The molecule has 0 aliphatic heterocycles. The zero-order valence-corrected chi connectivity index (χ0v) is 8.54. The normalized spacial score (nSPS) is 10.8. The molecule has 0 N–H and O–H groups in total.